The standard InChI is InChI=1S/C20H19N3O3/c1-11-8-9-16(24)12(2)17(11)23-18(21)15(19(22)25)10-14(20(23)26)13-6-4-3-5-7-13/h3-10,24H,21H2,1-2H3,(H2,22,25). The van der Waals surface area contributed by atoms with Crippen molar-refractivity contribution in [3.8, 4) is 22.6 Å². The molecule has 6 nitrogen and oxygen atoms in total. The van der Waals surface area contributed by atoms with Gasteiger partial charge in [-0.15, -0.1) is 0 Å². The van der Waals surface area contributed by atoms with Gasteiger partial charge in [0.15, 0.2) is 0 Å². The Morgan fingerprint density at radius 2 is 1.73 bits per heavy atom. The fraction of sp³-hybridized carbons (Fsp3) is 0.100. The minimum Gasteiger partial charge on any atom is -0.508 e. The first kappa shape index (κ1) is 17.3. The lowest BCUT2D eigenvalue weighted by Gasteiger charge is -2.19. The van der Waals surface area contributed by atoms with E-state index < -0.39 is 11.5 Å². The summed E-state index contributed by atoms with van der Waals surface area (Å²) in [6.07, 6.45) is 0. The Labute approximate surface area is 150 Å². The Bertz CT molecular complexity index is 1070. The van der Waals surface area contributed by atoms with Crippen LogP contribution in [0.3, 0.4) is 0 Å². The molecule has 1 aromatic heterocycles. The summed E-state index contributed by atoms with van der Waals surface area (Å²) in [5.41, 5.74) is 13.9. The van der Waals surface area contributed by atoms with Crippen molar-refractivity contribution in [3.63, 3.8) is 0 Å². The van der Waals surface area contributed by atoms with Crippen LogP contribution in [0.15, 0.2) is 53.3 Å². The number of nitrogen functional groups attached to an aromatic ring is 1. The van der Waals surface area contributed by atoms with Crippen LogP contribution in [0.4, 0.5) is 5.82 Å². The van der Waals surface area contributed by atoms with E-state index in [2.05, 4.69) is 0 Å². The maximum atomic E-state index is 13.2. The van der Waals surface area contributed by atoms with E-state index in [9.17, 15) is 14.7 Å². The molecule has 3 aromatic rings. The van der Waals surface area contributed by atoms with Crippen molar-refractivity contribution in [2.75, 3.05) is 5.73 Å². The highest BCUT2D eigenvalue weighted by molar-refractivity contribution is 5.98. The molecule has 132 valence electrons. The first-order chi connectivity index (χ1) is 12.3. The Kier molecular flexibility index (Phi) is 4.26. The highest BCUT2D eigenvalue weighted by Gasteiger charge is 2.21. The second-order valence-electron chi connectivity index (χ2n) is 6.10. The number of carbonyl (C=O) groups is 1. The van der Waals surface area contributed by atoms with Crippen LogP contribution in [0.2, 0.25) is 0 Å². The molecule has 5 N–H and O–H groups in total. The number of nitrogens with zero attached hydrogens (tertiary/aromatic N) is 1. The molecule has 0 aliphatic heterocycles. The second-order valence-corrected chi connectivity index (χ2v) is 6.10. The number of carbonyl (C=O) groups excluding carboxylic acids is 1. The number of phenolic OH excluding ortho intramolecular Hbond substituents is 1. The van der Waals surface area contributed by atoms with E-state index >= 15 is 0 Å². The number of nitrogens with two attached hydrogens (primary N) is 2. The van der Waals surface area contributed by atoms with Gasteiger partial charge >= 0.3 is 0 Å². The van der Waals surface area contributed by atoms with Gasteiger partial charge in [0.1, 0.15) is 11.6 Å². The average molecular weight is 349 g/mol. The molecular weight excluding hydrogens is 330 g/mol. The summed E-state index contributed by atoms with van der Waals surface area (Å²) in [6, 6.07) is 13.6. The fourth-order valence-electron chi connectivity index (χ4n) is 3.04. The molecule has 0 fully saturated rings. The Morgan fingerprint density at radius 3 is 2.35 bits per heavy atom. The highest BCUT2D eigenvalue weighted by Crippen LogP contribution is 2.30. The maximum absolute atomic E-state index is 13.2. The molecule has 2 aromatic carbocycles. The van der Waals surface area contributed by atoms with Crippen LogP contribution >= 0.6 is 0 Å². The van der Waals surface area contributed by atoms with E-state index in [-0.39, 0.29) is 17.1 Å². The van der Waals surface area contributed by atoms with Gasteiger partial charge in [0, 0.05) is 11.1 Å². The smallest absolute Gasteiger partial charge is 0.264 e. The molecule has 0 aliphatic carbocycles. The van der Waals surface area contributed by atoms with Gasteiger partial charge in [-0.05, 0) is 37.1 Å². The summed E-state index contributed by atoms with van der Waals surface area (Å²) in [6.45, 7) is 3.48. The summed E-state index contributed by atoms with van der Waals surface area (Å²) >= 11 is 0. The topological polar surface area (TPSA) is 111 Å². The lowest BCUT2D eigenvalue weighted by atomic mass is 10.0. The lowest BCUT2D eigenvalue weighted by Crippen LogP contribution is -2.28. The number of pyridine rings is 1. The number of aromatic nitrogens is 1. The van der Waals surface area contributed by atoms with E-state index in [0.717, 1.165) is 5.56 Å². The zero-order valence-electron chi connectivity index (χ0n) is 14.5. The average Bonchev–Trinajstić information content (AvgIpc) is 2.61. The van der Waals surface area contributed by atoms with E-state index in [1.807, 2.05) is 6.07 Å². The van der Waals surface area contributed by atoms with E-state index in [4.69, 9.17) is 11.5 Å². The number of amides is 1. The summed E-state index contributed by atoms with van der Waals surface area (Å²) in [5, 5.41) is 10.1. The van der Waals surface area contributed by atoms with Crippen LogP contribution in [-0.4, -0.2) is 15.6 Å². The quantitative estimate of drug-likeness (QED) is 0.674. The fourth-order valence-corrected chi connectivity index (χ4v) is 3.04. The van der Waals surface area contributed by atoms with E-state index in [1.165, 1.54) is 10.6 Å². The van der Waals surface area contributed by atoms with Gasteiger partial charge in [-0.1, -0.05) is 36.4 Å². The van der Waals surface area contributed by atoms with Crippen molar-refractivity contribution in [3.05, 3.63) is 75.6 Å². The zero-order valence-corrected chi connectivity index (χ0v) is 14.5. The largest absolute Gasteiger partial charge is 0.508 e. The maximum Gasteiger partial charge on any atom is 0.264 e. The Balaban J connectivity index is 2.47. The van der Waals surface area contributed by atoms with Gasteiger partial charge in [-0.2, -0.15) is 0 Å². The molecule has 0 aliphatic rings. The number of hydrogen-bond acceptors (Lipinski definition) is 4. The van der Waals surface area contributed by atoms with Crippen molar-refractivity contribution in [1.82, 2.24) is 4.57 Å². The van der Waals surface area contributed by atoms with Crippen molar-refractivity contribution in [2.45, 2.75) is 13.8 Å². The lowest BCUT2D eigenvalue weighted by molar-refractivity contribution is 0.100. The normalized spacial score (nSPS) is 10.7. The van der Waals surface area contributed by atoms with E-state index in [1.54, 1.807) is 50.2 Å². The predicted octanol–water partition coefficient (Wildman–Crippen LogP) is 2.51. The summed E-state index contributed by atoms with van der Waals surface area (Å²) in [7, 11) is 0. The van der Waals surface area contributed by atoms with Crippen molar-refractivity contribution in [2.24, 2.45) is 5.73 Å². The third kappa shape index (κ3) is 2.71. The van der Waals surface area contributed by atoms with Crippen molar-refractivity contribution >= 4 is 11.7 Å². The Morgan fingerprint density at radius 1 is 1.08 bits per heavy atom. The molecule has 0 atom stereocenters. The van der Waals surface area contributed by atoms with Gasteiger partial charge in [0.05, 0.1) is 11.3 Å². The van der Waals surface area contributed by atoms with Crippen molar-refractivity contribution < 1.29 is 9.90 Å². The van der Waals surface area contributed by atoms with Gasteiger partial charge in [0.25, 0.3) is 11.5 Å². The monoisotopic (exact) mass is 349 g/mol. The number of hydrogen-bond donors (Lipinski definition) is 3. The van der Waals surface area contributed by atoms with Gasteiger partial charge in [0.2, 0.25) is 0 Å². The van der Waals surface area contributed by atoms with Crippen LogP contribution in [0.25, 0.3) is 16.8 Å². The zero-order chi connectivity index (χ0) is 19.0. The molecule has 1 heterocycles. The number of phenols is 1. The summed E-state index contributed by atoms with van der Waals surface area (Å²) in [4.78, 5) is 25.1. The molecule has 26 heavy (non-hydrogen) atoms. The van der Waals surface area contributed by atoms with Gasteiger partial charge in [-0.25, -0.2) is 0 Å². The first-order valence-electron chi connectivity index (χ1n) is 8.03. The summed E-state index contributed by atoms with van der Waals surface area (Å²) < 4.78 is 1.24. The minimum atomic E-state index is -0.733. The SMILES string of the molecule is Cc1ccc(O)c(C)c1-n1c(N)c(C(N)=O)cc(-c2ccccc2)c1=O. The molecule has 1 amide bonds. The second kappa shape index (κ2) is 6.40. The molecule has 0 spiro atoms. The van der Waals surface area contributed by atoms with Crippen LogP contribution < -0.4 is 17.0 Å². The molecule has 0 radical (unpaired) electrons. The molecule has 0 saturated carbocycles. The number of aromatic hydroxyl groups is 1. The number of aryl methyl sites for hydroxylation is 1. The van der Waals surface area contributed by atoms with Gasteiger partial charge in [-0.3, -0.25) is 14.2 Å². The minimum absolute atomic E-state index is 0.0302. The van der Waals surface area contributed by atoms with Crippen LogP contribution in [0.5, 0.6) is 5.75 Å². The van der Waals surface area contributed by atoms with Crippen LogP contribution in [0.1, 0.15) is 21.5 Å². The molecule has 6 heteroatoms. The molecular formula is C20H19N3O3. The molecule has 3 rings (SSSR count). The Hall–Kier alpha value is -3.54. The first-order valence-corrected chi connectivity index (χ1v) is 8.03. The predicted molar refractivity (Wildman–Crippen MR) is 102 cm³/mol. The highest BCUT2D eigenvalue weighted by atomic mass is 16.3. The van der Waals surface area contributed by atoms with Gasteiger partial charge < -0.3 is 16.6 Å². The molecule has 0 bridgehead atoms. The number of primary amides is 1. The number of anilines is 1. The number of rotatable bonds is 3. The van der Waals surface area contributed by atoms with Crippen LogP contribution in [0, 0.1) is 13.8 Å². The molecule has 0 saturated heterocycles. The molecule has 0 unspecified atom stereocenters. The van der Waals surface area contributed by atoms with Crippen LogP contribution in [-0.2, 0) is 0 Å². The third-order valence-corrected chi connectivity index (χ3v) is 4.42. The van der Waals surface area contributed by atoms with E-state index in [0.29, 0.717) is 22.4 Å². The van der Waals surface area contributed by atoms with Crippen molar-refractivity contribution in [1.29, 1.82) is 0 Å². The third-order valence-electron chi connectivity index (χ3n) is 4.42. The number of benzene rings is 2. The summed E-state index contributed by atoms with van der Waals surface area (Å²) in [5.74, 6) is -0.759.